The average Bonchev–Trinajstić information content (AvgIpc) is 3.54. The van der Waals surface area contributed by atoms with E-state index in [2.05, 4.69) is 23.1 Å². The monoisotopic (exact) mass is 524 g/mol. The zero-order chi connectivity index (χ0) is 25.8. The van der Waals surface area contributed by atoms with Crippen molar-refractivity contribution in [1.29, 1.82) is 0 Å². The van der Waals surface area contributed by atoms with Gasteiger partial charge in [-0.2, -0.15) is 5.10 Å². The molecule has 2 saturated carbocycles. The molecule has 0 saturated heterocycles. The van der Waals surface area contributed by atoms with Crippen LogP contribution in [0.1, 0.15) is 117 Å². The summed E-state index contributed by atoms with van der Waals surface area (Å²) in [5.74, 6) is -0.0947. The largest absolute Gasteiger partial charge is 0.477 e. The Labute approximate surface area is 224 Å². The second-order valence-electron chi connectivity index (χ2n) is 11.1. The Hall–Kier alpha value is -2.48. The van der Waals surface area contributed by atoms with Crippen LogP contribution in [0.25, 0.3) is 5.57 Å². The highest BCUT2D eigenvalue weighted by Gasteiger charge is 2.38. The number of hydrogen-bond acceptors (Lipinski definition) is 5. The first-order valence-corrected chi connectivity index (χ1v) is 15.1. The van der Waals surface area contributed by atoms with Crippen LogP contribution < -0.4 is 4.90 Å². The smallest absolute Gasteiger partial charge is 0.348 e. The van der Waals surface area contributed by atoms with Gasteiger partial charge in [-0.1, -0.05) is 25.8 Å². The minimum atomic E-state index is -0.927. The molecule has 7 nitrogen and oxygen atoms in total. The molecule has 200 valence electrons. The molecular formula is C29H40N4O3S. The summed E-state index contributed by atoms with van der Waals surface area (Å²) in [6.45, 7) is 2.24. The maximum Gasteiger partial charge on any atom is 0.348 e. The number of carboxylic acids is 1. The van der Waals surface area contributed by atoms with Gasteiger partial charge in [-0.05, 0) is 94.6 Å². The second kappa shape index (κ2) is 11.9. The molecule has 0 spiro atoms. The van der Waals surface area contributed by atoms with E-state index in [1.54, 1.807) is 12.7 Å². The summed E-state index contributed by atoms with van der Waals surface area (Å²) in [4.78, 5) is 34.1. The van der Waals surface area contributed by atoms with Crippen molar-refractivity contribution in [3.05, 3.63) is 34.6 Å². The van der Waals surface area contributed by atoms with E-state index in [0.29, 0.717) is 16.5 Å². The molecule has 37 heavy (non-hydrogen) atoms. The fourth-order valence-corrected chi connectivity index (χ4v) is 7.66. The molecule has 2 fully saturated rings. The molecule has 3 aliphatic carbocycles. The summed E-state index contributed by atoms with van der Waals surface area (Å²) in [6, 6.07) is 2.33. The summed E-state index contributed by atoms with van der Waals surface area (Å²) in [6.07, 6.45) is 19.9. The summed E-state index contributed by atoms with van der Waals surface area (Å²) in [5, 5.41) is 14.6. The fraction of sp³-hybridized carbons (Fsp3) is 0.655. The van der Waals surface area contributed by atoms with Crippen molar-refractivity contribution < 1.29 is 14.7 Å². The standard InChI is InChI=1S/C29H40N4O3S/c1-2-20-9-11-22(12-10-20)28(34)33(24-15-13-23(14-16-24)32-19-30-18-31-32)25-17-26(37-27(25)29(35)36)21-7-5-3-4-6-8-21/h7,17-20,22-24H,2-6,8-16H2,1H3,(H,35,36). The van der Waals surface area contributed by atoms with Gasteiger partial charge < -0.3 is 10.0 Å². The molecule has 8 heteroatoms. The number of anilines is 1. The first-order valence-electron chi connectivity index (χ1n) is 14.3. The maximum absolute atomic E-state index is 14.2. The highest BCUT2D eigenvalue weighted by Crippen LogP contribution is 2.43. The topological polar surface area (TPSA) is 88.3 Å². The van der Waals surface area contributed by atoms with Crippen LogP contribution in [0.4, 0.5) is 5.69 Å². The lowest BCUT2D eigenvalue weighted by atomic mass is 9.79. The van der Waals surface area contributed by atoms with Crippen LogP contribution in [0.2, 0.25) is 0 Å². The van der Waals surface area contributed by atoms with Crippen LogP contribution in [0.15, 0.2) is 24.8 Å². The zero-order valence-electron chi connectivity index (χ0n) is 22.0. The molecule has 1 N–H and O–H groups in total. The molecule has 5 rings (SSSR count). The van der Waals surface area contributed by atoms with Gasteiger partial charge in [0.1, 0.15) is 17.5 Å². The average molecular weight is 525 g/mol. The number of hydrogen-bond donors (Lipinski definition) is 1. The highest BCUT2D eigenvalue weighted by atomic mass is 32.1. The molecular weight excluding hydrogens is 484 g/mol. The van der Waals surface area contributed by atoms with Crippen LogP contribution in [-0.2, 0) is 4.79 Å². The predicted octanol–water partition coefficient (Wildman–Crippen LogP) is 7.12. The molecule has 0 aromatic carbocycles. The first kappa shape index (κ1) is 26.1. The lowest BCUT2D eigenvalue weighted by molar-refractivity contribution is -0.124. The van der Waals surface area contributed by atoms with E-state index in [4.69, 9.17) is 0 Å². The van der Waals surface area contributed by atoms with Crippen LogP contribution in [0, 0.1) is 11.8 Å². The van der Waals surface area contributed by atoms with Gasteiger partial charge in [0.15, 0.2) is 0 Å². The third-order valence-corrected chi connectivity index (χ3v) is 10.1. The fourth-order valence-electron chi connectivity index (χ4n) is 6.61. The van der Waals surface area contributed by atoms with Gasteiger partial charge in [-0.15, -0.1) is 11.3 Å². The number of aromatic nitrogens is 3. The van der Waals surface area contributed by atoms with Crippen LogP contribution in [-0.4, -0.2) is 37.8 Å². The van der Waals surface area contributed by atoms with Gasteiger partial charge in [0.05, 0.1) is 11.7 Å². The van der Waals surface area contributed by atoms with Crippen molar-refractivity contribution in [3.8, 4) is 0 Å². The summed E-state index contributed by atoms with van der Waals surface area (Å²) in [7, 11) is 0. The van der Waals surface area contributed by atoms with Crippen molar-refractivity contribution in [2.24, 2.45) is 11.8 Å². The van der Waals surface area contributed by atoms with E-state index in [1.807, 2.05) is 15.6 Å². The third-order valence-electron chi connectivity index (χ3n) is 8.88. The Balaban J connectivity index is 1.45. The van der Waals surface area contributed by atoms with Crippen molar-refractivity contribution in [3.63, 3.8) is 0 Å². The van der Waals surface area contributed by atoms with Crippen molar-refractivity contribution in [1.82, 2.24) is 14.8 Å². The Morgan fingerprint density at radius 2 is 1.86 bits per heavy atom. The van der Waals surface area contributed by atoms with Crippen LogP contribution >= 0.6 is 11.3 Å². The summed E-state index contributed by atoms with van der Waals surface area (Å²) in [5.41, 5.74) is 1.88. The molecule has 0 radical (unpaired) electrons. The molecule has 2 heterocycles. The minimum absolute atomic E-state index is 0.0137. The molecule has 1 amide bonds. The SMILES string of the molecule is CCC1CCC(C(=O)N(c2cc(C3=CCCCCC3)sc2C(=O)O)C2CCC(n3cncn3)CC2)CC1. The number of rotatable bonds is 7. The Kier molecular flexibility index (Phi) is 8.43. The number of carbonyl (C=O) groups excluding carboxylic acids is 1. The lowest BCUT2D eigenvalue weighted by Crippen LogP contribution is -2.46. The number of nitrogens with zero attached hydrogens (tertiary/aromatic N) is 4. The van der Waals surface area contributed by atoms with Gasteiger partial charge in [-0.3, -0.25) is 4.79 Å². The predicted molar refractivity (Wildman–Crippen MR) is 147 cm³/mol. The number of amides is 1. The van der Waals surface area contributed by atoms with E-state index in [0.717, 1.165) is 75.5 Å². The normalized spacial score (nSPS) is 26.8. The van der Waals surface area contributed by atoms with E-state index >= 15 is 0 Å². The third kappa shape index (κ3) is 5.84. The number of carboxylic acid groups (broad SMARTS) is 1. The maximum atomic E-state index is 14.2. The van der Waals surface area contributed by atoms with E-state index < -0.39 is 5.97 Å². The molecule has 0 bridgehead atoms. The number of carbonyl (C=O) groups is 2. The molecule has 0 aliphatic heterocycles. The molecule has 2 aromatic rings. The van der Waals surface area contributed by atoms with Crippen molar-refractivity contribution in [2.45, 2.75) is 109 Å². The van der Waals surface area contributed by atoms with Crippen molar-refractivity contribution >= 4 is 34.5 Å². The second-order valence-corrected chi connectivity index (χ2v) is 12.2. The van der Waals surface area contributed by atoms with Gasteiger partial charge in [0, 0.05) is 16.8 Å². The van der Waals surface area contributed by atoms with Crippen LogP contribution in [0.5, 0.6) is 0 Å². The molecule has 0 unspecified atom stereocenters. The van der Waals surface area contributed by atoms with Gasteiger partial charge in [-0.25, -0.2) is 14.5 Å². The Morgan fingerprint density at radius 3 is 2.54 bits per heavy atom. The van der Waals surface area contributed by atoms with Crippen molar-refractivity contribution in [2.75, 3.05) is 4.90 Å². The Bertz CT molecular complexity index is 1090. The molecule has 3 aliphatic rings. The highest BCUT2D eigenvalue weighted by molar-refractivity contribution is 7.15. The summed E-state index contributed by atoms with van der Waals surface area (Å²) >= 11 is 1.36. The molecule has 2 aromatic heterocycles. The zero-order valence-corrected chi connectivity index (χ0v) is 22.8. The number of aromatic carboxylic acids is 1. The van der Waals surface area contributed by atoms with Gasteiger partial charge in [0.25, 0.3) is 0 Å². The Morgan fingerprint density at radius 1 is 1.08 bits per heavy atom. The first-order chi connectivity index (χ1) is 18.0. The van der Waals surface area contributed by atoms with Crippen LogP contribution in [0.3, 0.4) is 0 Å². The molecule has 0 atom stereocenters. The van der Waals surface area contributed by atoms with Gasteiger partial charge in [0.2, 0.25) is 5.91 Å². The van der Waals surface area contributed by atoms with E-state index in [1.165, 1.54) is 36.2 Å². The van der Waals surface area contributed by atoms with Gasteiger partial charge >= 0.3 is 5.97 Å². The lowest BCUT2D eigenvalue weighted by Gasteiger charge is -2.39. The van der Waals surface area contributed by atoms with E-state index in [-0.39, 0.29) is 23.9 Å². The quantitative estimate of drug-likeness (QED) is 0.417. The number of thiophene rings is 1. The van der Waals surface area contributed by atoms with E-state index in [9.17, 15) is 14.7 Å². The number of allylic oxidation sites excluding steroid dienone is 2. The summed E-state index contributed by atoms with van der Waals surface area (Å²) < 4.78 is 1.93. The minimum Gasteiger partial charge on any atom is -0.477 e.